The molecule has 1 aliphatic heterocycles. The van der Waals surface area contributed by atoms with Crippen LogP contribution < -0.4 is 15.0 Å². The summed E-state index contributed by atoms with van der Waals surface area (Å²) >= 11 is 13.2. The van der Waals surface area contributed by atoms with Crippen LogP contribution in [0.25, 0.3) is 10.2 Å². The number of β-amino-alcohol motifs (C(OH)–C–C–N with tert-alkyl or cyclic N) is 1. The molecule has 1 aliphatic rings. The number of thiazole rings is 1. The molecule has 0 radical (unpaired) electrons. The monoisotopic (exact) mass is 489 g/mol. The number of benzene rings is 2. The molecule has 6 nitrogen and oxygen atoms in total. The highest BCUT2D eigenvalue weighted by Crippen LogP contribution is 2.39. The molecule has 0 bridgehead atoms. The number of aromatic nitrogens is 1. The van der Waals surface area contributed by atoms with E-state index in [0.717, 1.165) is 12.1 Å². The predicted molar refractivity (Wildman–Crippen MR) is 119 cm³/mol. The average molecular weight is 490 g/mol. The van der Waals surface area contributed by atoms with Gasteiger partial charge < -0.3 is 25.2 Å². The SMILES string of the molecule is CNc1nc2c(Cl)ccc(OC[C@]3(O)CCN(c4c(F)cc(Cl)cc4F)C[C@H]3O)c2s1. The van der Waals surface area contributed by atoms with Gasteiger partial charge in [-0.3, -0.25) is 0 Å². The number of halogens is 4. The topological polar surface area (TPSA) is 77.9 Å². The Balaban J connectivity index is 1.50. The lowest BCUT2D eigenvalue weighted by Crippen LogP contribution is -2.58. The van der Waals surface area contributed by atoms with Gasteiger partial charge >= 0.3 is 0 Å². The third kappa shape index (κ3) is 4.25. The molecule has 0 unspecified atom stereocenters. The summed E-state index contributed by atoms with van der Waals surface area (Å²) < 4.78 is 35.0. The molecule has 11 heteroatoms. The number of nitrogens with one attached hydrogen (secondary N) is 1. The first-order chi connectivity index (χ1) is 14.7. The van der Waals surface area contributed by atoms with Crippen LogP contribution in [-0.2, 0) is 0 Å². The van der Waals surface area contributed by atoms with Gasteiger partial charge in [0.2, 0.25) is 0 Å². The molecule has 2 aromatic carbocycles. The van der Waals surface area contributed by atoms with Crippen LogP contribution in [0.15, 0.2) is 24.3 Å². The van der Waals surface area contributed by atoms with E-state index in [-0.39, 0.29) is 36.8 Å². The summed E-state index contributed by atoms with van der Waals surface area (Å²) in [5.74, 6) is -1.18. The molecule has 31 heavy (non-hydrogen) atoms. The van der Waals surface area contributed by atoms with E-state index in [2.05, 4.69) is 10.3 Å². The number of ether oxygens (including phenoxy) is 1. The molecule has 1 saturated heterocycles. The van der Waals surface area contributed by atoms with Crippen LogP contribution >= 0.6 is 34.5 Å². The maximum Gasteiger partial charge on any atom is 0.183 e. The number of rotatable bonds is 5. The fraction of sp³-hybridized carbons (Fsp3) is 0.350. The Bertz CT molecular complexity index is 1110. The summed E-state index contributed by atoms with van der Waals surface area (Å²) in [5, 5.41) is 25.6. The summed E-state index contributed by atoms with van der Waals surface area (Å²) in [7, 11) is 1.74. The second-order valence-electron chi connectivity index (χ2n) is 7.31. The zero-order chi connectivity index (χ0) is 22.3. The number of hydrogen-bond donors (Lipinski definition) is 3. The molecule has 0 amide bonds. The quantitative estimate of drug-likeness (QED) is 0.495. The molecule has 4 rings (SSSR count). The van der Waals surface area contributed by atoms with E-state index < -0.39 is 23.3 Å². The van der Waals surface area contributed by atoms with Crippen LogP contribution in [0.5, 0.6) is 5.75 Å². The molecule has 2 atom stereocenters. The van der Waals surface area contributed by atoms with Gasteiger partial charge in [-0.15, -0.1) is 0 Å². The van der Waals surface area contributed by atoms with Crippen LogP contribution in [0, 0.1) is 11.6 Å². The number of fused-ring (bicyclic) bond motifs is 1. The van der Waals surface area contributed by atoms with Gasteiger partial charge in [0.05, 0.1) is 9.72 Å². The molecule has 3 aromatic rings. The number of anilines is 2. The van der Waals surface area contributed by atoms with Crippen molar-refractivity contribution < 1.29 is 23.7 Å². The van der Waals surface area contributed by atoms with E-state index in [1.165, 1.54) is 16.2 Å². The Kier molecular flexibility index (Phi) is 6.15. The normalized spacial score (nSPS) is 21.5. The van der Waals surface area contributed by atoms with Crippen molar-refractivity contribution in [1.29, 1.82) is 0 Å². The third-order valence-corrected chi connectivity index (χ3v) is 6.89. The smallest absolute Gasteiger partial charge is 0.183 e. The summed E-state index contributed by atoms with van der Waals surface area (Å²) in [6.07, 6.45) is -1.26. The lowest BCUT2D eigenvalue weighted by Gasteiger charge is -2.42. The van der Waals surface area contributed by atoms with Crippen molar-refractivity contribution in [2.24, 2.45) is 0 Å². The van der Waals surface area contributed by atoms with E-state index in [9.17, 15) is 19.0 Å². The molecule has 0 saturated carbocycles. The van der Waals surface area contributed by atoms with Gasteiger partial charge in [-0.05, 0) is 30.7 Å². The van der Waals surface area contributed by atoms with Crippen LogP contribution in [0.4, 0.5) is 19.6 Å². The second kappa shape index (κ2) is 8.55. The average Bonchev–Trinajstić information content (AvgIpc) is 3.15. The predicted octanol–water partition coefficient (Wildman–Crippen LogP) is 4.30. The van der Waals surface area contributed by atoms with Gasteiger partial charge in [-0.25, -0.2) is 13.8 Å². The molecule has 1 fully saturated rings. The van der Waals surface area contributed by atoms with Crippen LogP contribution in [0.3, 0.4) is 0 Å². The Labute approximate surface area is 191 Å². The van der Waals surface area contributed by atoms with Gasteiger partial charge in [-0.2, -0.15) is 0 Å². The highest BCUT2D eigenvalue weighted by atomic mass is 35.5. The Morgan fingerprint density at radius 3 is 2.68 bits per heavy atom. The van der Waals surface area contributed by atoms with Gasteiger partial charge in [0, 0.05) is 25.2 Å². The summed E-state index contributed by atoms with van der Waals surface area (Å²) in [6, 6.07) is 5.34. The molecule has 0 spiro atoms. The van der Waals surface area contributed by atoms with Gasteiger partial charge in [0.1, 0.15) is 35.3 Å². The zero-order valence-electron chi connectivity index (χ0n) is 16.3. The summed E-state index contributed by atoms with van der Waals surface area (Å²) in [6.45, 7) is -0.264. The van der Waals surface area contributed by atoms with E-state index in [1.54, 1.807) is 19.2 Å². The van der Waals surface area contributed by atoms with Gasteiger partial charge in [0.15, 0.2) is 16.8 Å². The van der Waals surface area contributed by atoms with Crippen molar-refractivity contribution in [3.8, 4) is 5.75 Å². The molecule has 2 heterocycles. The Morgan fingerprint density at radius 1 is 1.32 bits per heavy atom. The first kappa shape index (κ1) is 22.3. The van der Waals surface area contributed by atoms with Crippen LogP contribution in [0.1, 0.15) is 6.42 Å². The van der Waals surface area contributed by atoms with E-state index in [1.807, 2.05) is 0 Å². The number of aliphatic hydroxyl groups excluding tert-OH is 1. The second-order valence-corrected chi connectivity index (χ2v) is 9.16. The summed E-state index contributed by atoms with van der Waals surface area (Å²) in [5.41, 5.74) is -1.31. The highest BCUT2D eigenvalue weighted by Gasteiger charge is 2.42. The molecule has 0 aliphatic carbocycles. The Morgan fingerprint density at radius 2 is 2.03 bits per heavy atom. The largest absolute Gasteiger partial charge is 0.489 e. The minimum Gasteiger partial charge on any atom is -0.489 e. The highest BCUT2D eigenvalue weighted by molar-refractivity contribution is 7.22. The molecular weight excluding hydrogens is 471 g/mol. The van der Waals surface area contributed by atoms with Gasteiger partial charge in [0.25, 0.3) is 0 Å². The molecule has 1 aromatic heterocycles. The van der Waals surface area contributed by atoms with Crippen molar-refractivity contribution in [3.05, 3.63) is 45.9 Å². The fourth-order valence-electron chi connectivity index (χ4n) is 3.55. The zero-order valence-corrected chi connectivity index (χ0v) is 18.7. The number of aliphatic hydroxyl groups is 2. The molecular formula is C20H19Cl2F2N3O3S. The van der Waals surface area contributed by atoms with Crippen molar-refractivity contribution >= 4 is 55.6 Å². The first-order valence-electron chi connectivity index (χ1n) is 9.41. The van der Waals surface area contributed by atoms with Crippen molar-refractivity contribution in [1.82, 2.24) is 4.98 Å². The van der Waals surface area contributed by atoms with E-state index >= 15 is 0 Å². The summed E-state index contributed by atoms with van der Waals surface area (Å²) in [4.78, 5) is 5.73. The lowest BCUT2D eigenvalue weighted by atomic mass is 9.89. The van der Waals surface area contributed by atoms with Crippen molar-refractivity contribution in [2.45, 2.75) is 18.1 Å². The van der Waals surface area contributed by atoms with Crippen LogP contribution in [0.2, 0.25) is 10.0 Å². The molecule has 3 N–H and O–H groups in total. The first-order valence-corrected chi connectivity index (χ1v) is 11.0. The van der Waals surface area contributed by atoms with E-state index in [0.29, 0.717) is 26.1 Å². The van der Waals surface area contributed by atoms with E-state index in [4.69, 9.17) is 27.9 Å². The maximum absolute atomic E-state index is 14.2. The number of piperidine rings is 1. The standard InChI is InChI=1S/C20H19Cl2F2N3O3S/c1-25-19-26-16-11(22)2-3-14(18(16)31-19)30-9-20(29)4-5-27(8-15(20)28)17-12(23)6-10(21)7-13(17)24/h2-3,6-7,15,28-29H,4-5,8-9H2,1H3,(H,25,26)/t15-,20-/m1/s1. The minimum atomic E-state index is -1.60. The number of hydrogen-bond acceptors (Lipinski definition) is 7. The maximum atomic E-state index is 14.2. The van der Waals surface area contributed by atoms with Crippen molar-refractivity contribution in [2.75, 3.05) is 37.0 Å². The Hall–Kier alpha value is -1.91. The van der Waals surface area contributed by atoms with Crippen LogP contribution in [-0.4, -0.2) is 53.6 Å². The lowest BCUT2D eigenvalue weighted by molar-refractivity contribution is -0.108. The number of nitrogens with zero attached hydrogens (tertiary/aromatic N) is 2. The van der Waals surface area contributed by atoms with Crippen molar-refractivity contribution in [3.63, 3.8) is 0 Å². The molecule has 166 valence electrons. The minimum absolute atomic E-state index is 0.0386. The van der Waals surface area contributed by atoms with Gasteiger partial charge in [-0.1, -0.05) is 34.5 Å². The fourth-order valence-corrected chi connectivity index (χ4v) is 4.91. The third-order valence-electron chi connectivity index (χ3n) is 5.28.